The van der Waals surface area contributed by atoms with Gasteiger partial charge in [0.05, 0.1) is 49.1 Å². The number of ketones is 3. The minimum atomic E-state index is -1.16. The molecule has 0 spiro atoms. The van der Waals surface area contributed by atoms with Crippen LogP contribution in [0.5, 0.6) is 0 Å². The highest BCUT2D eigenvalue weighted by Crippen LogP contribution is 2.30. The topological polar surface area (TPSA) is 323 Å². The predicted molar refractivity (Wildman–Crippen MR) is 277 cm³/mol. The van der Waals surface area contributed by atoms with E-state index in [4.69, 9.17) is 23.7 Å². The largest absolute Gasteiger partial charge is 0.481 e. The van der Waals surface area contributed by atoms with Gasteiger partial charge in [-0.3, -0.25) is 38.4 Å². The molecule has 5 fully saturated rings. The Hall–Kier alpha value is -4.78. The Morgan fingerprint density at radius 2 is 0.905 bits per heavy atom. The number of carboxylic acid groups (broad SMARTS) is 1. The first-order chi connectivity index (χ1) is 34.6. The maximum absolute atomic E-state index is 11.9. The SMILES string of the molecule is C.CC(=O)CC1CC[C@H](NC(=O)C2CC2)B(O)O1.CC(=O)CC1CC[C@H](NC(C)=O)B(O)O1.CC(=O)C[C@@H]1CC[C@H](NC(=O)Cc2cccs2)B(O)O1.O=C(O)C[C@@H]1CC[C@H](NC(=O)Cc2ccccc2)B(O)O1. The van der Waals surface area contributed by atoms with Crippen LogP contribution in [0.1, 0.15) is 135 Å². The van der Waals surface area contributed by atoms with Crippen LogP contribution in [0.15, 0.2) is 47.8 Å². The number of Topliss-reactive ketones (excluding diaryl/α,β-unsaturated/α-hetero) is 3. The third-order valence-corrected chi connectivity index (χ3v) is 13.2. The van der Waals surface area contributed by atoms with Crippen LogP contribution in [0.4, 0.5) is 0 Å². The molecule has 1 saturated carbocycles. The van der Waals surface area contributed by atoms with Crippen LogP contribution in [0.25, 0.3) is 0 Å². The fourth-order valence-electron chi connectivity index (χ4n) is 8.58. The van der Waals surface area contributed by atoms with Gasteiger partial charge in [-0.05, 0) is 102 Å². The second kappa shape index (κ2) is 32.6. The molecule has 2 unspecified atom stereocenters. The van der Waals surface area contributed by atoms with Gasteiger partial charge in [-0.25, -0.2) is 0 Å². The van der Waals surface area contributed by atoms with Crippen molar-refractivity contribution in [1.29, 1.82) is 0 Å². The molecule has 0 bridgehead atoms. The van der Waals surface area contributed by atoms with E-state index in [0.29, 0.717) is 77.0 Å². The number of hydrogen-bond acceptors (Lipinski definition) is 17. The minimum Gasteiger partial charge on any atom is -0.481 e. The molecule has 74 heavy (non-hydrogen) atoms. The molecule has 1 aliphatic carbocycles. The monoisotopic (exact) mass is 1050 g/mol. The van der Waals surface area contributed by atoms with Gasteiger partial charge < -0.3 is 65.1 Å². The lowest BCUT2D eigenvalue weighted by molar-refractivity contribution is -0.139. The number of hydrogen-bond donors (Lipinski definition) is 9. The Kier molecular flexibility index (Phi) is 28.0. The van der Waals surface area contributed by atoms with E-state index in [2.05, 4.69) is 21.3 Å². The van der Waals surface area contributed by atoms with Crippen LogP contribution in [-0.4, -0.2) is 149 Å². The van der Waals surface area contributed by atoms with Gasteiger partial charge in [-0.15, -0.1) is 11.3 Å². The van der Waals surface area contributed by atoms with E-state index in [0.717, 1.165) is 23.3 Å². The van der Waals surface area contributed by atoms with Crippen molar-refractivity contribution in [2.75, 3.05) is 0 Å². The average molecular weight is 1050 g/mol. The average Bonchev–Trinajstić information content (AvgIpc) is 4.03. The first-order valence-electron chi connectivity index (χ1n) is 24.9. The smallest absolute Gasteiger partial charge is 0.478 e. The van der Waals surface area contributed by atoms with E-state index in [1.807, 2.05) is 47.8 Å². The lowest BCUT2D eigenvalue weighted by Gasteiger charge is -2.31. The molecule has 4 amide bonds. The third kappa shape index (κ3) is 24.7. The maximum atomic E-state index is 11.9. The summed E-state index contributed by atoms with van der Waals surface area (Å²) in [5.41, 5.74) is 0.893. The lowest BCUT2D eigenvalue weighted by Crippen LogP contribution is -2.53. The van der Waals surface area contributed by atoms with E-state index in [1.54, 1.807) is 0 Å². The van der Waals surface area contributed by atoms with Crippen LogP contribution < -0.4 is 21.3 Å². The van der Waals surface area contributed by atoms with Crippen molar-refractivity contribution in [3.05, 3.63) is 58.3 Å². The van der Waals surface area contributed by atoms with Crippen molar-refractivity contribution in [2.24, 2.45) is 5.92 Å². The molecular formula is C48H74B4N4O17S. The van der Waals surface area contributed by atoms with Gasteiger partial charge >= 0.3 is 34.4 Å². The molecule has 21 nitrogen and oxygen atoms in total. The molecule has 4 saturated heterocycles. The molecule has 1 aromatic heterocycles. The zero-order valence-electron chi connectivity index (χ0n) is 42.0. The number of thiophene rings is 1. The number of amides is 4. The fraction of sp³-hybridized carbons (Fsp3) is 0.625. The molecule has 26 heteroatoms. The summed E-state index contributed by atoms with van der Waals surface area (Å²) in [7, 11) is -4.20. The highest BCUT2D eigenvalue weighted by molar-refractivity contribution is 7.10. The zero-order chi connectivity index (χ0) is 53.6. The highest BCUT2D eigenvalue weighted by atomic mass is 32.1. The number of aliphatic carboxylic acids is 1. The number of nitrogens with one attached hydrogen (secondary N) is 4. The first kappa shape index (κ1) is 63.5. The summed E-state index contributed by atoms with van der Waals surface area (Å²) in [6.45, 7) is 5.91. The van der Waals surface area contributed by atoms with Gasteiger partial charge in [0, 0.05) is 55.3 Å². The molecule has 2 aromatic rings. The van der Waals surface area contributed by atoms with E-state index in [9.17, 15) is 58.5 Å². The van der Waals surface area contributed by atoms with Crippen LogP contribution >= 0.6 is 11.3 Å². The normalized spacial score (nSPS) is 24.3. The fourth-order valence-corrected chi connectivity index (χ4v) is 9.28. The summed E-state index contributed by atoms with van der Waals surface area (Å²) in [6.07, 6.45) is 7.08. The molecule has 1 aromatic carbocycles. The maximum Gasteiger partial charge on any atom is 0.478 e. The molecule has 8 atom stereocenters. The second-order valence-electron chi connectivity index (χ2n) is 19.2. The second-order valence-corrected chi connectivity index (χ2v) is 20.2. The zero-order valence-corrected chi connectivity index (χ0v) is 42.8. The molecular weight excluding hydrogens is 980 g/mol. The quantitative estimate of drug-likeness (QED) is 0.102. The van der Waals surface area contributed by atoms with Gasteiger partial charge in [0.2, 0.25) is 23.6 Å². The Bertz CT molecular complexity index is 2110. The van der Waals surface area contributed by atoms with Gasteiger partial charge in [-0.2, -0.15) is 0 Å². The Morgan fingerprint density at radius 3 is 1.26 bits per heavy atom. The number of carboxylic acids is 1. The van der Waals surface area contributed by atoms with Gasteiger partial charge in [-0.1, -0.05) is 43.8 Å². The van der Waals surface area contributed by atoms with Gasteiger partial charge in [0.15, 0.2) is 0 Å². The molecule has 5 aliphatic rings. The van der Waals surface area contributed by atoms with Crippen molar-refractivity contribution >= 4 is 86.8 Å². The van der Waals surface area contributed by atoms with Crippen molar-refractivity contribution in [2.45, 2.75) is 186 Å². The van der Waals surface area contributed by atoms with Crippen LogP contribution in [-0.2, 0) is 69.8 Å². The van der Waals surface area contributed by atoms with Crippen LogP contribution in [0.2, 0.25) is 0 Å². The summed E-state index contributed by atoms with van der Waals surface area (Å²) < 4.78 is 21.2. The van der Waals surface area contributed by atoms with Crippen LogP contribution in [0, 0.1) is 5.92 Å². The summed E-state index contributed by atoms with van der Waals surface area (Å²) in [4.78, 5) is 90.5. The summed E-state index contributed by atoms with van der Waals surface area (Å²) in [5, 5.41) is 60.6. The highest BCUT2D eigenvalue weighted by Gasteiger charge is 2.41. The van der Waals surface area contributed by atoms with Crippen molar-refractivity contribution in [3.8, 4) is 0 Å². The third-order valence-electron chi connectivity index (χ3n) is 12.3. The van der Waals surface area contributed by atoms with Crippen molar-refractivity contribution in [1.82, 2.24) is 21.3 Å². The lowest BCUT2D eigenvalue weighted by atomic mass is 9.72. The number of carbonyl (C=O) groups is 8. The van der Waals surface area contributed by atoms with Crippen LogP contribution in [0.3, 0.4) is 0 Å². The molecule has 0 radical (unpaired) electrons. The first-order valence-corrected chi connectivity index (χ1v) is 25.8. The summed E-state index contributed by atoms with van der Waals surface area (Å²) in [5.74, 6) is -2.73. The number of benzene rings is 1. The standard InChI is InChI=1S/C14H18BNO5.C13H18BNO4S.C11H18BNO4.C9H16BNO4.CH4/c17-13(8-10-4-2-1-3-5-10)16-12-7-6-11(9-14(18)19)21-15(12)20;1-9(16)7-10-4-5-12(14(18)19-10)15-13(17)8-11-3-2-6-20-11;1-7(14)6-9-4-5-10(12(16)17-9)13-11(15)8-2-3-8;1-6(12)5-8-3-4-9(10(14)15-8)11-7(2)13;/h1-5,11-12,20H,6-9H2,(H,16,17)(H,18,19);2-3,6,10,12,18H,4-5,7-8H2,1H3,(H,15,17);8-10,16H,2-6H2,1H3,(H,13,15);8-9,14H,3-5H2,1-2H3,(H,11,13);1H4/t11-,12-;10-,12-;9?,10-;8?,9-;/m0000./s1. The molecule has 5 heterocycles. The Morgan fingerprint density at radius 1 is 0.514 bits per heavy atom. The minimum absolute atomic E-state index is 0. The molecule has 4 aliphatic heterocycles. The van der Waals surface area contributed by atoms with E-state index < -0.39 is 52.4 Å². The summed E-state index contributed by atoms with van der Waals surface area (Å²) in [6, 6.07) is 13.1. The van der Waals surface area contributed by atoms with Crippen molar-refractivity contribution < 1.29 is 82.2 Å². The number of rotatable bonds is 17. The van der Waals surface area contributed by atoms with E-state index in [-0.39, 0.29) is 97.4 Å². The number of carbonyl (C=O) groups excluding carboxylic acids is 7. The predicted octanol–water partition coefficient (Wildman–Crippen LogP) is 1.70. The molecule has 9 N–H and O–H groups in total. The molecule has 7 rings (SSSR count). The van der Waals surface area contributed by atoms with Gasteiger partial charge in [0.1, 0.15) is 17.3 Å². The molecule has 406 valence electrons. The summed E-state index contributed by atoms with van der Waals surface area (Å²) >= 11 is 1.53. The Labute approximate surface area is 438 Å². The van der Waals surface area contributed by atoms with E-state index in [1.165, 1.54) is 39.0 Å². The van der Waals surface area contributed by atoms with E-state index >= 15 is 0 Å². The van der Waals surface area contributed by atoms with Gasteiger partial charge in [0.25, 0.3) is 0 Å². The van der Waals surface area contributed by atoms with Crippen molar-refractivity contribution in [3.63, 3.8) is 0 Å². The Balaban J connectivity index is 0.000000261.